The van der Waals surface area contributed by atoms with E-state index in [4.69, 9.17) is 14.5 Å². The van der Waals surface area contributed by atoms with Gasteiger partial charge in [0.05, 0.1) is 19.3 Å². The van der Waals surface area contributed by atoms with Crippen LogP contribution in [0.25, 0.3) is 0 Å². The van der Waals surface area contributed by atoms with Crippen molar-refractivity contribution in [2.45, 2.75) is 58.7 Å². The lowest BCUT2D eigenvalue weighted by atomic mass is 9.98. The number of rotatable bonds is 10. The van der Waals surface area contributed by atoms with Crippen molar-refractivity contribution >= 4 is 29.9 Å². The quantitative estimate of drug-likeness (QED) is 0.203. The summed E-state index contributed by atoms with van der Waals surface area (Å²) in [5.41, 5.74) is 2.72. The molecule has 0 saturated carbocycles. The summed E-state index contributed by atoms with van der Waals surface area (Å²) in [4.78, 5) is 7.42. The maximum Gasteiger partial charge on any atom is 0.191 e. The standard InChI is InChI=1S/C24H40N4O2.HI/c1-3-25-24(26-12-6-15-30-23-11-16-29-19-23)27-17-21-7-4-5-8-22(21)18-28-13-9-20(2)10-14-28;/h4-5,7-8,20,23H,3,6,9-19H2,1-2H3,(H2,25,26,27);1H. The Kier molecular flexibility index (Phi) is 12.8. The molecule has 0 radical (unpaired) electrons. The molecule has 1 atom stereocenters. The summed E-state index contributed by atoms with van der Waals surface area (Å²) in [5, 5.41) is 6.80. The van der Waals surface area contributed by atoms with Crippen LogP contribution >= 0.6 is 24.0 Å². The fourth-order valence-corrected chi connectivity index (χ4v) is 4.01. The summed E-state index contributed by atoms with van der Waals surface area (Å²) in [6.45, 7) is 12.7. The molecular formula is C24H41IN4O2. The van der Waals surface area contributed by atoms with Crippen molar-refractivity contribution in [1.82, 2.24) is 15.5 Å². The van der Waals surface area contributed by atoms with E-state index in [1.54, 1.807) is 0 Å². The number of halogens is 1. The van der Waals surface area contributed by atoms with Gasteiger partial charge in [0.2, 0.25) is 0 Å². The van der Waals surface area contributed by atoms with Crippen LogP contribution in [0.15, 0.2) is 29.3 Å². The fraction of sp³-hybridized carbons (Fsp3) is 0.708. The van der Waals surface area contributed by atoms with Crippen LogP contribution in [0.4, 0.5) is 0 Å². The number of hydrogen-bond donors (Lipinski definition) is 2. The summed E-state index contributed by atoms with van der Waals surface area (Å²) >= 11 is 0. The van der Waals surface area contributed by atoms with Crippen molar-refractivity contribution in [3.05, 3.63) is 35.4 Å². The number of likely N-dealkylation sites (tertiary alicyclic amines) is 1. The van der Waals surface area contributed by atoms with E-state index in [2.05, 4.69) is 53.6 Å². The van der Waals surface area contributed by atoms with Gasteiger partial charge in [-0.05, 0) is 62.7 Å². The number of guanidine groups is 1. The Balaban J connectivity index is 0.00000341. The van der Waals surface area contributed by atoms with Crippen LogP contribution in [0, 0.1) is 5.92 Å². The summed E-state index contributed by atoms with van der Waals surface area (Å²) in [5.74, 6) is 1.75. The van der Waals surface area contributed by atoms with Gasteiger partial charge in [-0.1, -0.05) is 31.2 Å². The lowest BCUT2D eigenvalue weighted by molar-refractivity contribution is 0.0420. The smallest absolute Gasteiger partial charge is 0.191 e. The van der Waals surface area contributed by atoms with Gasteiger partial charge >= 0.3 is 0 Å². The first-order chi connectivity index (χ1) is 14.7. The van der Waals surface area contributed by atoms with Crippen molar-refractivity contribution < 1.29 is 9.47 Å². The van der Waals surface area contributed by atoms with E-state index in [0.29, 0.717) is 6.54 Å². The lowest BCUT2D eigenvalue weighted by Crippen LogP contribution is -2.38. The molecule has 0 aromatic heterocycles. The van der Waals surface area contributed by atoms with E-state index in [0.717, 1.165) is 64.2 Å². The van der Waals surface area contributed by atoms with Gasteiger partial charge in [0.25, 0.3) is 0 Å². The highest BCUT2D eigenvalue weighted by molar-refractivity contribution is 14.0. The Hall–Kier alpha value is -0.900. The highest BCUT2D eigenvalue weighted by Gasteiger charge is 2.17. The minimum atomic E-state index is 0. The highest BCUT2D eigenvalue weighted by atomic mass is 127. The van der Waals surface area contributed by atoms with Crippen molar-refractivity contribution in [2.75, 3.05) is 46.0 Å². The van der Waals surface area contributed by atoms with Crippen LogP contribution in [-0.2, 0) is 22.6 Å². The first-order valence-electron chi connectivity index (χ1n) is 11.7. The second kappa shape index (κ2) is 15.0. The van der Waals surface area contributed by atoms with Crippen LogP contribution in [0.3, 0.4) is 0 Å². The number of hydrogen-bond acceptors (Lipinski definition) is 4. The molecule has 1 aromatic carbocycles. The molecule has 2 heterocycles. The Morgan fingerprint density at radius 1 is 1.16 bits per heavy atom. The molecule has 2 aliphatic heterocycles. The van der Waals surface area contributed by atoms with Crippen LogP contribution in [0.2, 0.25) is 0 Å². The van der Waals surface area contributed by atoms with Gasteiger partial charge in [0.1, 0.15) is 0 Å². The van der Waals surface area contributed by atoms with Gasteiger partial charge in [0.15, 0.2) is 5.96 Å². The molecule has 2 saturated heterocycles. The van der Waals surface area contributed by atoms with E-state index >= 15 is 0 Å². The number of ether oxygens (including phenoxy) is 2. The maximum atomic E-state index is 5.84. The minimum absolute atomic E-state index is 0. The first kappa shape index (κ1) is 26.4. The van der Waals surface area contributed by atoms with E-state index in [-0.39, 0.29) is 30.1 Å². The van der Waals surface area contributed by atoms with Crippen LogP contribution in [-0.4, -0.2) is 63.0 Å². The zero-order chi connectivity index (χ0) is 21.0. The SMILES string of the molecule is CCNC(=NCc1ccccc1CN1CCC(C)CC1)NCCCOC1CCOC1.I. The topological polar surface area (TPSA) is 58.1 Å². The van der Waals surface area contributed by atoms with Gasteiger partial charge < -0.3 is 20.1 Å². The molecular weight excluding hydrogens is 503 g/mol. The molecule has 31 heavy (non-hydrogen) atoms. The first-order valence-corrected chi connectivity index (χ1v) is 11.7. The van der Waals surface area contributed by atoms with Crippen molar-refractivity contribution in [2.24, 2.45) is 10.9 Å². The molecule has 176 valence electrons. The molecule has 0 spiro atoms. The second-order valence-corrected chi connectivity index (χ2v) is 8.56. The predicted octanol–water partition coefficient (Wildman–Crippen LogP) is 3.79. The average molecular weight is 545 g/mol. The maximum absolute atomic E-state index is 5.84. The van der Waals surface area contributed by atoms with E-state index in [9.17, 15) is 0 Å². The molecule has 3 rings (SSSR count). The van der Waals surface area contributed by atoms with Gasteiger partial charge in [-0.15, -0.1) is 24.0 Å². The third-order valence-corrected chi connectivity index (χ3v) is 6.00. The van der Waals surface area contributed by atoms with Gasteiger partial charge in [-0.3, -0.25) is 4.90 Å². The van der Waals surface area contributed by atoms with Crippen LogP contribution in [0.1, 0.15) is 50.7 Å². The zero-order valence-corrected chi connectivity index (χ0v) is 21.6. The lowest BCUT2D eigenvalue weighted by Gasteiger charge is -2.30. The van der Waals surface area contributed by atoms with E-state index in [1.165, 1.54) is 37.1 Å². The Labute approximate surface area is 205 Å². The van der Waals surface area contributed by atoms with Crippen LogP contribution in [0.5, 0.6) is 0 Å². The monoisotopic (exact) mass is 544 g/mol. The second-order valence-electron chi connectivity index (χ2n) is 8.56. The van der Waals surface area contributed by atoms with Gasteiger partial charge in [0, 0.05) is 32.8 Å². The Morgan fingerprint density at radius 3 is 2.65 bits per heavy atom. The van der Waals surface area contributed by atoms with Crippen molar-refractivity contribution in [3.8, 4) is 0 Å². The number of nitrogens with zero attached hydrogens (tertiary/aromatic N) is 2. The molecule has 2 fully saturated rings. The third-order valence-electron chi connectivity index (χ3n) is 6.00. The van der Waals surface area contributed by atoms with E-state index in [1.807, 2.05) is 0 Å². The highest BCUT2D eigenvalue weighted by Crippen LogP contribution is 2.20. The van der Waals surface area contributed by atoms with Crippen molar-refractivity contribution in [3.63, 3.8) is 0 Å². The Bertz CT molecular complexity index is 644. The molecule has 2 N–H and O–H groups in total. The summed E-state index contributed by atoms with van der Waals surface area (Å²) in [6.07, 6.45) is 4.89. The summed E-state index contributed by atoms with van der Waals surface area (Å²) in [7, 11) is 0. The normalized spacial score (nSPS) is 20.5. The Morgan fingerprint density at radius 2 is 1.94 bits per heavy atom. The van der Waals surface area contributed by atoms with Gasteiger partial charge in [-0.2, -0.15) is 0 Å². The molecule has 7 heteroatoms. The van der Waals surface area contributed by atoms with Crippen LogP contribution < -0.4 is 10.6 Å². The number of benzene rings is 1. The molecule has 0 bridgehead atoms. The molecule has 0 amide bonds. The number of aliphatic imine (C=N–C) groups is 1. The molecule has 2 aliphatic rings. The average Bonchev–Trinajstić information content (AvgIpc) is 3.28. The summed E-state index contributed by atoms with van der Waals surface area (Å²) in [6, 6.07) is 8.74. The van der Waals surface area contributed by atoms with E-state index < -0.39 is 0 Å². The molecule has 1 aromatic rings. The summed E-state index contributed by atoms with van der Waals surface area (Å²) < 4.78 is 11.2. The largest absolute Gasteiger partial charge is 0.379 e. The number of nitrogens with one attached hydrogen (secondary N) is 2. The van der Waals surface area contributed by atoms with Crippen molar-refractivity contribution in [1.29, 1.82) is 0 Å². The fourth-order valence-electron chi connectivity index (χ4n) is 4.01. The molecule has 1 unspecified atom stereocenters. The number of piperidine rings is 1. The third kappa shape index (κ3) is 9.63. The minimum Gasteiger partial charge on any atom is -0.379 e. The van der Waals surface area contributed by atoms with Gasteiger partial charge in [-0.25, -0.2) is 4.99 Å². The zero-order valence-electron chi connectivity index (χ0n) is 19.3. The molecule has 6 nitrogen and oxygen atoms in total. The molecule has 0 aliphatic carbocycles. The predicted molar refractivity (Wildman–Crippen MR) is 138 cm³/mol.